The maximum Gasteiger partial charge on any atom is 0.147 e. The Hall–Kier alpha value is -0.780. The second-order valence-corrected chi connectivity index (χ2v) is 6.87. The number of halogens is 1. The van der Waals surface area contributed by atoms with Crippen LogP contribution in [-0.4, -0.2) is 32.6 Å². The van der Waals surface area contributed by atoms with E-state index in [-0.39, 0.29) is 5.75 Å². The lowest BCUT2D eigenvalue weighted by Gasteiger charge is -2.14. The standard InChI is InChI=1S/C12H17ClO4S/c1-17-12-8-9(13)5-6-10(12)11(14)4-3-7-18(2,15)16/h5-6,8,11,14H,3-4,7H2,1-2H3. The number of methoxy groups -OCH3 is 1. The van der Waals surface area contributed by atoms with Gasteiger partial charge in [-0.3, -0.25) is 0 Å². The van der Waals surface area contributed by atoms with Gasteiger partial charge in [-0.2, -0.15) is 0 Å². The number of rotatable bonds is 6. The molecule has 0 amide bonds. The summed E-state index contributed by atoms with van der Waals surface area (Å²) < 4.78 is 27.1. The molecule has 1 aromatic rings. The van der Waals surface area contributed by atoms with E-state index in [4.69, 9.17) is 16.3 Å². The zero-order chi connectivity index (χ0) is 13.8. The third-order valence-corrected chi connectivity index (χ3v) is 3.81. The van der Waals surface area contributed by atoms with Crippen LogP contribution < -0.4 is 4.74 Å². The number of ether oxygens (including phenoxy) is 1. The SMILES string of the molecule is COc1cc(Cl)ccc1C(O)CCCS(C)(=O)=O. The molecule has 0 aromatic heterocycles. The molecule has 0 heterocycles. The predicted molar refractivity (Wildman–Crippen MR) is 71.9 cm³/mol. The largest absolute Gasteiger partial charge is 0.496 e. The molecule has 102 valence electrons. The van der Waals surface area contributed by atoms with Gasteiger partial charge in [-0.05, 0) is 25.0 Å². The Morgan fingerprint density at radius 3 is 2.67 bits per heavy atom. The molecular weight excluding hydrogens is 276 g/mol. The number of benzene rings is 1. The molecule has 0 spiro atoms. The Morgan fingerprint density at radius 2 is 2.11 bits per heavy atom. The van der Waals surface area contributed by atoms with E-state index in [1.54, 1.807) is 18.2 Å². The van der Waals surface area contributed by atoms with E-state index in [1.165, 1.54) is 13.4 Å². The second kappa shape index (κ2) is 6.41. The van der Waals surface area contributed by atoms with Gasteiger partial charge in [0.25, 0.3) is 0 Å². The third kappa shape index (κ3) is 4.84. The number of sulfone groups is 1. The van der Waals surface area contributed by atoms with Crippen molar-refractivity contribution in [3.8, 4) is 5.75 Å². The minimum absolute atomic E-state index is 0.0694. The van der Waals surface area contributed by atoms with Crippen molar-refractivity contribution in [2.75, 3.05) is 19.1 Å². The van der Waals surface area contributed by atoms with E-state index in [0.29, 0.717) is 29.2 Å². The molecule has 1 rings (SSSR count). The molecule has 18 heavy (non-hydrogen) atoms. The molecule has 0 saturated carbocycles. The summed E-state index contributed by atoms with van der Waals surface area (Å²) in [4.78, 5) is 0. The first-order valence-corrected chi connectivity index (χ1v) is 7.96. The summed E-state index contributed by atoms with van der Waals surface area (Å²) in [6, 6.07) is 4.97. The fourth-order valence-electron chi connectivity index (χ4n) is 1.65. The quantitative estimate of drug-likeness (QED) is 0.873. The zero-order valence-corrected chi connectivity index (χ0v) is 12.0. The second-order valence-electron chi connectivity index (χ2n) is 4.17. The Bertz CT molecular complexity index is 499. The van der Waals surface area contributed by atoms with Crippen LogP contribution in [0.5, 0.6) is 5.75 Å². The zero-order valence-electron chi connectivity index (χ0n) is 10.4. The first kappa shape index (κ1) is 15.3. The van der Waals surface area contributed by atoms with Gasteiger partial charge in [0.15, 0.2) is 0 Å². The molecule has 0 saturated heterocycles. The lowest BCUT2D eigenvalue weighted by atomic mass is 10.0. The molecule has 0 aliphatic carbocycles. The molecule has 0 aliphatic heterocycles. The monoisotopic (exact) mass is 292 g/mol. The van der Waals surface area contributed by atoms with Crippen LogP contribution in [0.4, 0.5) is 0 Å². The van der Waals surface area contributed by atoms with Gasteiger partial charge in [-0.15, -0.1) is 0 Å². The molecule has 4 nitrogen and oxygen atoms in total. The van der Waals surface area contributed by atoms with Crippen molar-refractivity contribution >= 4 is 21.4 Å². The predicted octanol–water partition coefficient (Wildman–Crippen LogP) is 2.21. The molecule has 0 fully saturated rings. The average Bonchev–Trinajstić information content (AvgIpc) is 2.26. The summed E-state index contributed by atoms with van der Waals surface area (Å²) >= 11 is 5.82. The maximum absolute atomic E-state index is 11.0. The van der Waals surface area contributed by atoms with Crippen LogP contribution in [0, 0.1) is 0 Å². The van der Waals surface area contributed by atoms with E-state index >= 15 is 0 Å². The Morgan fingerprint density at radius 1 is 1.44 bits per heavy atom. The van der Waals surface area contributed by atoms with Crippen molar-refractivity contribution in [2.24, 2.45) is 0 Å². The van der Waals surface area contributed by atoms with Crippen LogP contribution in [0.2, 0.25) is 5.02 Å². The van der Waals surface area contributed by atoms with Crippen LogP contribution >= 0.6 is 11.6 Å². The molecule has 0 bridgehead atoms. The molecule has 1 atom stereocenters. The summed E-state index contributed by atoms with van der Waals surface area (Å²) in [6.07, 6.45) is 1.21. The van der Waals surface area contributed by atoms with Gasteiger partial charge in [0.05, 0.1) is 13.2 Å². The number of aliphatic hydroxyl groups excluding tert-OH is 1. The van der Waals surface area contributed by atoms with E-state index in [9.17, 15) is 13.5 Å². The number of aliphatic hydroxyl groups is 1. The molecule has 1 unspecified atom stereocenters. The van der Waals surface area contributed by atoms with Crippen LogP contribution in [0.3, 0.4) is 0 Å². The van der Waals surface area contributed by atoms with Gasteiger partial charge in [0, 0.05) is 22.6 Å². The van der Waals surface area contributed by atoms with Crippen molar-refractivity contribution < 1.29 is 18.3 Å². The normalized spacial score (nSPS) is 13.3. The van der Waals surface area contributed by atoms with Crippen molar-refractivity contribution in [2.45, 2.75) is 18.9 Å². The third-order valence-electron chi connectivity index (χ3n) is 2.55. The van der Waals surface area contributed by atoms with Gasteiger partial charge in [-0.25, -0.2) is 8.42 Å². The Balaban J connectivity index is 2.69. The summed E-state index contributed by atoms with van der Waals surface area (Å²) in [6.45, 7) is 0. The minimum Gasteiger partial charge on any atom is -0.496 e. The van der Waals surface area contributed by atoms with Crippen molar-refractivity contribution in [1.82, 2.24) is 0 Å². The first-order valence-electron chi connectivity index (χ1n) is 5.52. The van der Waals surface area contributed by atoms with Crippen LogP contribution in [-0.2, 0) is 9.84 Å². The lowest BCUT2D eigenvalue weighted by Crippen LogP contribution is -2.06. The topological polar surface area (TPSA) is 63.6 Å². The van der Waals surface area contributed by atoms with Gasteiger partial charge in [0.1, 0.15) is 15.6 Å². The highest BCUT2D eigenvalue weighted by Gasteiger charge is 2.14. The first-order chi connectivity index (χ1) is 8.33. The fourth-order valence-corrected chi connectivity index (χ4v) is 2.51. The van der Waals surface area contributed by atoms with Crippen molar-refractivity contribution in [1.29, 1.82) is 0 Å². The number of hydrogen-bond donors (Lipinski definition) is 1. The van der Waals surface area contributed by atoms with Crippen LogP contribution in [0.15, 0.2) is 18.2 Å². The van der Waals surface area contributed by atoms with Crippen LogP contribution in [0.25, 0.3) is 0 Å². The summed E-state index contributed by atoms with van der Waals surface area (Å²) in [5, 5.41) is 10.5. The maximum atomic E-state index is 11.0. The molecule has 6 heteroatoms. The lowest BCUT2D eigenvalue weighted by molar-refractivity contribution is 0.162. The highest BCUT2D eigenvalue weighted by atomic mass is 35.5. The van der Waals surface area contributed by atoms with Gasteiger partial charge < -0.3 is 9.84 Å². The highest BCUT2D eigenvalue weighted by Crippen LogP contribution is 2.30. The Kier molecular flexibility index (Phi) is 5.44. The van der Waals surface area contributed by atoms with E-state index < -0.39 is 15.9 Å². The smallest absolute Gasteiger partial charge is 0.147 e. The molecule has 0 aliphatic rings. The average molecular weight is 293 g/mol. The highest BCUT2D eigenvalue weighted by molar-refractivity contribution is 7.90. The van der Waals surface area contributed by atoms with E-state index in [2.05, 4.69) is 0 Å². The number of hydrogen-bond acceptors (Lipinski definition) is 4. The minimum atomic E-state index is -2.99. The van der Waals surface area contributed by atoms with E-state index in [0.717, 1.165) is 0 Å². The van der Waals surface area contributed by atoms with E-state index in [1.807, 2.05) is 0 Å². The molecule has 1 N–H and O–H groups in total. The molecule has 1 aromatic carbocycles. The van der Waals surface area contributed by atoms with Gasteiger partial charge in [0.2, 0.25) is 0 Å². The fraction of sp³-hybridized carbons (Fsp3) is 0.500. The molecule has 0 radical (unpaired) electrons. The van der Waals surface area contributed by atoms with Crippen molar-refractivity contribution in [3.05, 3.63) is 28.8 Å². The van der Waals surface area contributed by atoms with Gasteiger partial charge >= 0.3 is 0 Å². The summed E-state index contributed by atoms with van der Waals surface area (Å²) in [5.41, 5.74) is 0.621. The van der Waals surface area contributed by atoms with Crippen LogP contribution in [0.1, 0.15) is 24.5 Å². The summed E-state index contributed by atoms with van der Waals surface area (Å²) in [5.74, 6) is 0.578. The Labute approximate surface area is 112 Å². The summed E-state index contributed by atoms with van der Waals surface area (Å²) in [7, 11) is -1.49. The van der Waals surface area contributed by atoms with Gasteiger partial charge in [-0.1, -0.05) is 17.7 Å². The van der Waals surface area contributed by atoms with Crippen molar-refractivity contribution in [3.63, 3.8) is 0 Å². The molecular formula is C12H17ClO4S.